The highest BCUT2D eigenvalue weighted by Gasteiger charge is 2.13. The maximum Gasteiger partial charge on any atom is 0.227 e. The zero-order valence-corrected chi connectivity index (χ0v) is 13.8. The van der Waals surface area contributed by atoms with E-state index in [1.807, 2.05) is 48.1 Å². The lowest BCUT2D eigenvalue weighted by Crippen LogP contribution is -1.90. The van der Waals surface area contributed by atoms with Crippen LogP contribution in [0.3, 0.4) is 0 Å². The summed E-state index contributed by atoms with van der Waals surface area (Å²) < 4.78 is 7.97. The minimum Gasteiger partial charge on any atom is -0.436 e. The van der Waals surface area contributed by atoms with Crippen LogP contribution in [-0.4, -0.2) is 9.55 Å². The third kappa shape index (κ3) is 2.52. The molecule has 114 valence electrons. The van der Waals surface area contributed by atoms with Gasteiger partial charge in [-0.1, -0.05) is 23.2 Å². The summed E-state index contributed by atoms with van der Waals surface area (Å²) in [6.07, 6.45) is 4.00. The number of rotatable bonds is 2. The Bertz CT molecular complexity index is 1000. The predicted molar refractivity (Wildman–Crippen MR) is 93.5 cm³/mol. The average molecular weight is 343 g/mol. The lowest BCUT2D eigenvalue weighted by Gasteiger charge is -2.03. The first-order valence-electron chi connectivity index (χ1n) is 7.12. The molecule has 23 heavy (non-hydrogen) atoms. The SMILES string of the molecule is Cc1cc(-n2cccc2)cc2nc(-c3ccc(Cl)c(Cl)c3)oc12. The number of hydrogen-bond acceptors (Lipinski definition) is 2. The second-order valence-corrected chi connectivity index (χ2v) is 6.16. The predicted octanol–water partition coefficient (Wildman–Crippen LogP) is 5.90. The van der Waals surface area contributed by atoms with E-state index in [4.69, 9.17) is 27.6 Å². The summed E-state index contributed by atoms with van der Waals surface area (Å²) in [5, 5.41) is 0.994. The Morgan fingerprint density at radius 3 is 2.52 bits per heavy atom. The van der Waals surface area contributed by atoms with Crippen molar-refractivity contribution < 1.29 is 4.42 Å². The standard InChI is InChI=1S/C18H12Cl2N2O/c1-11-8-13(22-6-2-3-7-22)10-16-17(11)23-18(21-16)12-4-5-14(19)15(20)9-12/h2-10H,1H3. The van der Waals surface area contributed by atoms with E-state index in [9.17, 15) is 0 Å². The number of fused-ring (bicyclic) bond motifs is 1. The Hall–Kier alpha value is -2.23. The van der Waals surface area contributed by atoms with Gasteiger partial charge in [0.1, 0.15) is 5.52 Å². The molecule has 0 aliphatic carbocycles. The second-order valence-electron chi connectivity index (χ2n) is 5.35. The van der Waals surface area contributed by atoms with Gasteiger partial charge in [0.2, 0.25) is 5.89 Å². The number of benzene rings is 2. The van der Waals surface area contributed by atoms with Crippen molar-refractivity contribution in [1.82, 2.24) is 9.55 Å². The van der Waals surface area contributed by atoms with Crippen molar-refractivity contribution in [3.8, 4) is 17.1 Å². The summed E-state index contributed by atoms with van der Waals surface area (Å²) in [7, 11) is 0. The average Bonchev–Trinajstić information content (AvgIpc) is 3.18. The van der Waals surface area contributed by atoms with E-state index in [1.54, 1.807) is 12.1 Å². The third-order valence-electron chi connectivity index (χ3n) is 3.73. The monoisotopic (exact) mass is 342 g/mol. The Morgan fingerprint density at radius 1 is 1.00 bits per heavy atom. The number of hydrogen-bond donors (Lipinski definition) is 0. The summed E-state index contributed by atoms with van der Waals surface area (Å²) >= 11 is 12.0. The zero-order valence-electron chi connectivity index (χ0n) is 12.3. The minimum absolute atomic E-state index is 0.483. The molecule has 0 fully saturated rings. The molecule has 2 aromatic carbocycles. The summed E-state index contributed by atoms with van der Waals surface area (Å²) in [6.45, 7) is 2.01. The Kier molecular flexibility index (Phi) is 3.40. The van der Waals surface area contributed by atoms with Gasteiger partial charge in [-0.15, -0.1) is 0 Å². The first kappa shape index (κ1) is 14.4. The van der Waals surface area contributed by atoms with Crippen LogP contribution < -0.4 is 0 Å². The van der Waals surface area contributed by atoms with Crippen molar-refractivity contribution in [2.75, 3.05) is 0 Å². The van der Waals surface area contributed by atoms with Crippen LogP contribution in [0.1, 0.15) is 5.56 Å². The van der Waals surface area contributed by atoms with Crippen molar-refractivity contribution in [3.05, 3.63) is 70.5 Å². The molecule has 0 amide bonds. The summed E-state index contributed by atoms with van der Waals surface area (Å²) in [6, 6.07) is 13.4. The van der Waals surface area contributed by atoms with Crippen molar-refractivity contribution in [1.29, 1.82) is 0 Å². The molecule has 0 N–H and O–H groups in total. The van der Waals surface area contributed by atoms with E-state index < -0.39 is 0 Å². The van der Waals surface area contributed by atoms with Crippen LogP contribution in [0.25, 0.3) is 28.2 Å². The van der Waals surface area contributed by atoms with Gasteiger partial charge in [-0.05, 0) is 55.0 Å². The van der Waals surface area contributed by atoms with Gasteiger partial charge in [0.25, 0.3) is 0 Å². The van der Waals surface area contributed by atoms with Gasteiger partial charge >= 0.3 is 0 Å². The highest BCUT2D eigenvalue weighted by molar-refractivity contribution is 6.42. The van der Waals surface area contributed by atoms with Gasteiger partial charge in [-0.3, -0.25) is 0 Å². The molecule has 0 aliphatic heterocycles. The van der Waals surface area contributed by atoms with Crippen LogP contribution in [0.15, 0.2) is 59.3 Å². The number of aryl methyl sites for hydroxylation is 1. The zero-order chi connectivity index (χ0) is 16.0. The Morgan fingerprint density at radius 2 is 1.78 bits per heavy atom. The highest BCUT2D eigenvalue weighted by Crippen LogP contribution is 2.32. The lowest BCUT2D eigenvalue weighted by atomic mass is 10.2. The molecule has 0 unspecified atom stereocenters. The number of halogens is 2. The fraction of sp³-hybridized carbons (Fsp3) is 0.0556. The highest BCUT2D eigenvalue weighted by atomic mass is 35.5. The van der Waals surface area contributed by atoms with Crippen molar-refractivity contribution in [2.24, 2.45) is 0 Å². The fourth-order valence-electron chi connectivity index (χ4n) is 2.59. The van der Waals surface area contributed by atoms with Crippen molar-refractivity contribution in [3.63, 3.8) is 0 Å². The first-order valence-corrected chi connectivity index (χ1v) is 7.87. The van der Waals surface area contributed by atoms with Crippen LogP contribution in [0.5, 0.6) is 0 Å². The molecule has 2 heterocycles. The van der Waals surface area contributed by atoms with E-state index in [-0.39, 0.29) is 0 Å². The molecule has 0 aliphatic rings. The van der Waals surface area contributed by atoms with Gasteiger partial charge in [0, 0.05) is 23.6 Å². The van der Waals surface area contributed by atoms with Crippen molar-refractivity contribution in [2.45, 2.75) is 6.92 Å². The van der Waals surface area contributed by atoms with Gasteiger partial charge < -0.3 is 8.98 Å². The van der Waals surface area contributed by atoms with Gasteiger partial charge in [0.15, 0.2) is 5.58 Å². The van der Waals surface area contributed by atoms with Crippen LogP contribution in [0, 0.1) is 6.92 Å². The molecule has 4 rings (SSSR count). The maximum atomic E-state index is 6.08. The number of oxazole rings is 1. The summed E-state index contributed by atoms with van der Waals surface area (Å²) in [5.74, 6) is 0.534. The summed E-state index contributed by atoms with van der Waals surface area (Å²) in [5.41, 5.74) is 4.48. The molecule has 3 nitrogen and oxygen atoms in total. The Labute approximate surface area is 143 Å². The normalized spacial score (nSPS) is 11.3. The molecule has 5 heteroatoms. The van der Waals surface area contributed by atoms with Crippen LogP contribution in [0.2, 0.25) is 10.0 Å². The second kappa shape index (κ2) is 5.44. The van der Waals surface area contributed by atoms with Crippen LogP contribution in [-0.2, 0) is 0 Å². The maximum absolute atomic E-state index is 6.08. The van der Waals surface area contributed by atoms with E-state index in [0.29, 0.717) is 15.9 Å². The third-order valence-corrected chi connectivity index (χ3v) is 4.47. The van der Waals surface area contributed by atoms with Crippen LogP contribution >= 0.6 is 23.2 Å². The van der Waals surface area contributed by atoms with E-state index in [2.05, 4.69) is 11.1 Å². The quantitative estimate of drug-likeness (QED) is 0.454. The molecule has 0 spiro atoms. The Balaban J connectivity index is 1.87. The van der Waals surface area contributed by atoms with Gasteiger partial charge in [-0.25, -0.2) is 4.98 Å². The van der Waals surface area contributed by atoms with Gasteiger partial charge in [0.05, 0.1) is 10.0 Å². The van der Waals surface area contributed by atoms with E-state index in [1.165, 1.54) is 0 Å². The number of aromatic nitrogens is 2. The molecular formula is C18H12Cl2N2O. The largest absolute Gasteiger partial charge is 0.436 e. The van der Waals surface area contributed by atoms with Crippen molar-refractivity contribution >= 4 is 34.3 Å². The minimum atomic E-state index is 0.483. The van der Waals surface area contributed by atoms with E-state index in [0.717, 1.165) is 27.9 Å². The molecule has 0 radical (unpaired) electrons. The van der Waals surface area contributed by atoms with Crippen LogP contribution in [0.4, 0.5) is 0 Å². The number of nitrogens with zero attached hydrogens (tertiary/aromatic N) is 2. The molecule has 0 saturated carbocycles. The first-order chi connectivity index (χ1) is 11.1. The van der Waals surface area contributed by atoms with Gasteiger partial charge in [-0.2, -0.15) is 0 Å². The molecule has 2 aromatic heterocycles. The molecule has 0 atom stereocenters. The summed E-state index contributed by atoms with van der Waals surface area (Å²) in [4.78, 5) is 4.60. The molecular weight excluding hydrogens is 331 g/mol. The molecule has 0 saturated heterocycles. The molecule has 4 aromatic rings. The smallest absolute Gasteiger partial charge is 0.227 e. The van der Waals surface area contributed by atoms with E-state index >= 15 is 0 Å². The molecule has 0 bridgehead atoms. The fourth-order valence-corrected chi connectivity index (χ4v) is 2.89. The topological polar surface area (TPSA) is 31.0 Å². The lowest BCUT2D eigenvalue weighted by molar-refractivity contribution is 0.617.